The van der Waals surface area contributed by atoms with E-state index in [1.165, 1.54) is 0 Å². The highest BCUT2D eigenvalue weighted by atomic mass is 16.5. The van der Waals surface area contributed by atoms with Crippen LogP contribution in [0.2, 0.25) is 0 Å². The molecule has 0 spiro atoms. The Balaban J connectivity index is 2.01. The molecule has 0 aromatic heterocycles. The largest absolute Gasteiger partial charge is 0.464 e. The zero-order chi connectivity index (χ0) is 10.7. The Kier molecular flexibility index (Phi) is 2.67. The number of esters is 1. The summed E-state index contributed by atoms with van der Waals surface area (Å²) >= 11 is 0. The number of hydrogen-bond acceptors (Lipinski definition) is 3. The van der Waals surface area contributed by atoms with Crippen LogP contribution >= 0.6 is 0 Å². The van der Waals surface area contributed by atoms with Gasteiger partial charge in [0.15, 0.2) is 0 Å². The summed E-state index contributed by atoms with van der Waals surface area (Å²) in [6, 6.07) is 8.31. The van der Waals surface area contributed by atoms with E-state index >= 15 is 0 Å². The molecule has 1 aliphatic rings. The highest BCUT2D eigenvalue weighted by molar-refractivity contribution is 5.96. The molecule has 1 aromatic rings. The van der Waals surface area contributed by atoms with Gasteiger partial charge < -0.3 is 10.1 Å². The lowest BCUT2D eigenvalue weighted by Crippen LogP contribution is -2.37. The maximum Gasteiger partial charge on any atom is 0.328 e. The third kappa shape index (κ3) is 2.15. The predicted molar refractivity (Wildman–Crippen MR) is 53.3 cm³/mol. The molecule has 0 radical (unpaired) electrons. The Morgan fingerprint density at radius 2 is 2.07 bits per heavy atom. The van der Waals surface area contributed by atoms with Crippen LogP contribution in [0.15, 0.2) is 30.3 Å². The van der Waals surface area contributed by atoms with E-state index < -0.39 is 6.04 Å². The molecule has 1 N–H and O–H groups in total. The Morgan fingerprint density at radius 1 is 1.33 bits per heavy atom. The van der Waals surface area contributed by atoms with Crippen LogP contribution in [-0.2, 0) is 9.53 Å². The summed E-state index contributed by atoms with van der Waals surface area (Å²) in [4.78, 5) is 22.7. The van der Waals surface area contributed by atoms with Crippen LogP contribution in [0.5, 0.6) is 0 Å². The third-order valence-electron chi connectivity index (χ3n) is 2.28. The minimum absolute atomic E-state index is 0.237. The van der Waals surface area contributed by atoms with Gasteiger partial charge in [0, 0.05) is 12.0 Å². The maximum absolute atomic E-state index is 11.6. The third-order valence-corrected chi connectivity index (χ3v) is 2.28. The number of amides is 1. The van der Waals surface area contributed by atoms with Gasteiger partial charge in [0.05, 0.1) is 6.61 Å². The highest BCUT2D eigenvalue weighted by Gasteiger charge is 2.27. The van der Waals surface area contributed by atoms with Crippen LogP contribution in [0.1, 0.15) is 16.8 Å². The number of rotatable bonds is 2. The van der Waals surface area contributed by atoms with Crippen molar-refractivity contribution in [3.8, 4) is 0 Å². The van der Waals surface area contributed by atoms with Crippen molar-refractivity contribution in [1.82, 2.24) is 5.32 Å². The molecule has 1 fully saturated rings. The van der Waals surface area contributed by atoms with E-state index in [4.69, 9.17) is 4.74 Å². The van der Waals surface area contributed by atoms with E-state index in [0.717, 1.165) is 0 Å². The number of benzene rings is 1. The predicted octanol–water partition coefficient (Wildman–Crippen LogP) is 0.732. The molecule has 15 heavy (non-hydrogen) atoms. The molecular weight excluding hydrogens is 194 g/mol. The van der Waals surface area contributed by atoms with Gasteiger partial charge in [-0.05, 0) is 12.1 Å². The van der Waals surface area contributed by atoms with Crippen LogP contribution in [-0.4, -0.2) is 24.5 Å². The number of carbonyl (C=O) groups excluding carboxylic acids is 2. The molecule has 0 bridgehead atoms. The van der Waals surface area contributed by atoms with Crippen molar-refractivity contribution in [1.29, 1.82) is 0 Å². The molecule has 0 saturated carbocycles. The van der Waals surface area contributed by atoms with Crippen molar-refractivity contribution in [3.63, 3.8) is 0 Å². The normalized spacial score (nSPS) is 19.7. The van der Waals surface area contributed by atoms with Crippen molar-refractivity contribution >= 4 is 11.9 Å². The fourth-order valence-corrected chi connectivity index (χ4v) is 1.46. The summed E-state index contributed by atoms with van der Waals surface area (Å²) in [7, 11) is 0. The average molecular weight is 205 g/mol. The monoisotopic (exact) mass is 205 g/mol. The van der Waals surface area contributed by atoms with Crippen LogP contribution in [0.3, 0.4) is 0 Å². The quantitative estimate of drug-likeness (QED) is 0.724. The smallest absolute Gasteiger partial charge is 0.328 e. The van der Waals surface area contributed by atoms with Crippen LogP contribution in [0.25, 0.3) is 0 Å². The van der Waals surface area contributed by atoms with Crippen molar-refractivity contribution < 1.29 is 14.3 Å². The van der Waals surface area contributed by atoms with E-state index in [1.807, 2.05) is 6.07 Å². The molecule has 1 aromatic carbocycles. The summed E-state index contributed by atoms with van der Waals surface area (Å²) in [5.74, 6) is -0.585. The topological polar surface area (TPSA) is 55.4 Å². The molecule has 1 atom stereocenters. The molecular formula is C11H11NO3. The Bertz CT molecular complexity index is 375. The van der Waals surface area contributed by atoms with Crippen LogP contribution in [0, 0.1) is 0 Å². The van der Waals surface area contributed by atoms with Crippen molar-refractivity contribution in [2.75, 3.05) is 6.61 Å². The summed E-state index contributed by atoms with van der Waals surface area (Å²) in [5.41, 5.74) is 0.553. The van der Waals surface area contributed by atoms with Gasteiger partial charge >= 0.3 is 5.97 Å². The van der Waals surface area contributed by atoms with Crippen molar-refractivity contribution in [2.45, 2.75) is 12.5 Å². The molecule has 1 heterocycles. The van der Waals surface area contributed by atoms with Crippen LogP contribution in [0.4, 0.5) is 0 Å². The number of carbonyl (C=O) groups is 2. The summed E-state index contributed by atoms with van der Waals surface area (Å²) in [5, 5.41) is 2.63. The van der Waals surface area contributed by atoms with Gasteiger partial charge in [-0.15, -0.1) is 0 Å². The van der Waals surface area contributed by atoms with Crippen LogP contribution < -0.4 is 5.32 Å². The van der Waals surface area contributed by atoms with E-state index in [2.05, 4.69) is 5.32 Å². The lowest BCUT2D eigenvalue weighted by Gasteiger charge is -2.08. The fraction of sp³-hybridized carbons (Fsp3) is 0.273. The van der Waals surface area contributed by atoms with Gasteiger partial charge in [0.25, 0.3) is 5.91 Å². The van der Waals surface area contributed by atoms with Gasteiger partial charge in [-0.1, -0.05) is 18.2 Å². The van der Waals surface area contributed by atoms with Gasteiger partial charge in [0.1, 0.15) is 6.04 Å². The van der Waals surface area contributed by atoms with Crippen molar-refractivity contribution in [3.05, 3.63) is 35.9 Å². The van der Waals surface area contributed by atoms with E-state index in [9.17, 15) is 9.59 Å². The summed E-state index contributed by atoms with van der Waals surface area (Å²) in [6.07, 6.45) is 0.553. The number of nitrogens with one attached hydrogen (secondary N) is 1. The highest BCUT2D eigenvalue weighted by Crippen LogP contribution is 2.07. The molecule has 4 nitrogen and oxygen atoms in total. The minimum atomic E-state index is -0.488. The first-order valence-electron chi connectivity index (χ1n) is 4.80. The fourth-order valence-electron chi connectivity index (χ4n) is 1.46. The van der Waals surface area contributed by atoms with Gasteiger partial charge in [-0.3, -0.25) is 4.79 Å². The zero-order valence-corrected chi connectivity index (χ0v) is 8.10. The zero-order valence-electron chi connectivity index (χ0n) is 8.10. The Labute approximate surface area is 87.2 Å². The molecule has 1 aliphatic heterocycles. The standard InChI is InChI=1S/C11H11NO3/c13-10(8-4-2-1-3-5-8)12-9-6-7-15-11(9)14/h1-5,9H,6-7H2,(H,12,13)/t9-/m1/s1. The second kappa shape index (κ2) is 4.13. The first-order valence-corrected chi connectivity index (χ1v) is 4.80. The molecule has 1 saturated heterocycles. The lowest BCUT2D eigenvalue weighted by molar-refractivity contribution is -0.139. The second-order valence-electron chi connectivity index (χ2n) is 3.35. The molecule has 1 amide bonds. The molecule has 4 heteroatoms. The SMILES string of the molecule is O=C(N[C@@H]1CCOC1=O)c1ccccc1. The first-order chi connectivity index (χ1) is 7.27. The maximum atomic E-state index is 11.6. The van der Waals surface area contributed by atoms with Crippen molar-refractivity contribution in [2.24, 2.45) is 0 Å². The number of cyclic esters (lactones) is 1. The molecule has 0 unspecified atom stereocenters. The molecule has 2 rings (SSSR count). The number of ether oxygens (including phenoxy) is 1. The van der Waals surface area contributed by atoms with E-state index in [1.54, 1.807) is 24.3 Å². The summed E-state index contributed by atoms with van der Waals surface area (Å²) < 4.78 is 4.75. The summed E-state index contributed by atoms with van der Waals surface area (Å²) in [6.45, 7) is 0.387. The molecule has 0 aliphatic carbocycles. The van der Waals surface area contributed by atoms with Gasteiger partial charge in [-0.2, -0.15) is 0 Å². The lowest BCUT2D eigenvalue weighted by atomic mass is 10.2. The second-order valence-corrected chi connectivity index (χ2v) is 3.35. The van der Waals surface area contributed by atoms with E-state index in [-0.39, 0.29) is 11.9 Å². The minimum Gasteiger partial charge on any atom is -0.464 e. The average Bonchev–Trinajstić information content (AvgIpc) is 2.66. The van der Waals surface area contributed by atoms with Gasteiger partial charge in [0.2, 0.25) is 0 Å². The number of hydrogen-bond donors (Lipinski definition) is 1. The van der Waals surface area contributed by atoms with Gasteiger partial charge in [-0.25, -0.2) is 4.79 Å². The Morgan fingerprint density at radius 3 is 2.67 bits per heavy atom. The molecule has 78 valence electrons. The van der Waals surface area contributed by atoms with E-state index in [0.29, 0.717) is 18.6 Å². The first kappa shape index (κ1) is 9.71. The Hall–Kier alpha value is -1.84.